The lowest BCUT2D eigenvalue weighted by molar-refractivity contribution is -0.122. The fraction of sp³-hybridized carbons (Fsp3) is 0.179. The van der Waals surface area contributed by atoms with Gasteiger partial charge in [0.05, 0.1) is 22.3 Å². The summed E-state index contributed by atoms with van der Waals surface area (Å²) in [5, 5.41) is 3.13. The minimum absolute atomic E-state index is 0.176. The van der Waals surface area contributed by atoms with Crippen LogP contribution in [-0.2, 0) is 16.2 Å². The zero-order chi connectivity index (χ0) is 26.7. The predicted octanol–water partition coefficient (Wildman–Crippen LogP) is 6.25. The summed E-state index contributed by atoms with van der Waals surface area (Å²) < 4.78 is 11.7. The van der Waals surface area contributed by atoms with Crippen LogP contribution in [0.2, 0.25) is 10.0 Å². The number of carbonyl (C=O) groups is 3. The zero-order valence-electron chi connectivity index (χ0n) is 20.4. The van der Waals surface area contributed by atoms with Gasteiger partial charge in [-0.25, -0.2) is 9.69 Å². The van der Waals surface area contributed by atoms with E-state index in [0.29, 0.717) is 39.4 Å². The molecule has 4 rings (SSSR count). The van der Waals surface area contributed by atoms with E-state index in [0.717, 1.165) is 21.6 Å². The van der Waals surface area contributed by atoms with Crippen LogP contribution in [0.25, 0.3) is 6.08 Å². The third-order valence-corrected chi connectivity index (χ3v) is 6.55. The first kappa shape index (κ1) is 26.3. The molecule has 3 aromatic rings. The summed E-state index contributed by atoms with van der Waals surface area (Å²) in [5.41, 5.74) is 3.49. The van der Waals surface area contributed by atoms with Gasteiger partial charge in [0.1, 0.15) is 12.2 Å². The fourth-order valence-corrected chi connectivity index (χ4v) is 4.04. The van der Waals surface area contributed by atoms with E-state index in [4.69, 9.17) is 32.7 Å². The number of nitrogens with one attached hydrogen (secondary N) is 1. The molecule has 0 aliphatic carbocycles. The molecule has 1 N–H and O–H groups in total. The molecule has 0 unspecified atom stereocenters. The monoisotopic (exact) mass is 538 g/mol. The molecule has 1 aliphatic rings. The normalized spacial score (nSPS) is 14.7. The Morgan fingerprint density at radius 3 is 2.35 bits per heavy atom. The Labute approximate surface area is 224 Å². The number of halogens is 2. The fourth-order valence-electron chi connectivity index (χ4n) is 3.72. The average molecular weight is 539 g/mol. The van der Waals surface area contributed by atoms with Crippen molar-refractivity contribution in [1.82, 2.24) is 5.32 Å². The molecular weight excluding hydrogens is 515 g/mol. The van der Waals surface area contributed by atoms with Crippen LogP contribution in [0.3, 0.4) is 0 Å². The van der Waals surface area contributed by atoms with Gasteiger partial charge in [-0.15, -0.1) is 0 Å². The Morgan fingerprint density at radius 1 is 0.865 bits per heavy atom. The number of urea groups is 1. The van der Waals surface area contributed by atoms with Crippen LogP contribution in [0, 0.1) is 13.8 Å². The smallest absolute Gasteiger partial charge is 0.335 e. The van der Waals surface area contributed by atoms with Gasteiger partial charge in [-0.2, -0.15) is 0 Å². The molecule has 0 aromatic heterocycles. The van der Waals surface area contributed by atoms with Crippen LogP contribution in [0.5, 0.6) is 11.5 Å². The van der Waals surface area contributed by atoms with Crippen molar-refractivity contribution in [2.75, 3.05) is 11.5 Å². The van der Waals surface area contributed by atoms with E-state index in [1.165, 1.54) is 6.08 Å². The predicted molar refractivity (Wildman–Crippen MR) is 143 cm³/mol. The van der Waals surface area contributed by atoms with Gasteiger partial charge < -0.3 is 9.47 Å². The molecule has 1 heterocycles. The summed E-state index contributed by atoms with van der Waals surface area (Å²) in [7, 11) is 0. The lowest BCUT2D eigenvalue weighted by Gasteiger charge is -2.27. The quantitative estimate of drug-likeness (QED) is 0.283. The number of aryl methyl sites for hydroxylation is 2. The van der Waals surface area contributed by atoms with Gasteiger partial charge in [0.25, 0.3) is 11.8 Å². The Kier molecular flexibility index (Phi) is 7.86. The number of benzene rings is 3. The Balaban J connectivity index is 1.61. The number of anilines is 1. The van der Waals surface area contributed by atoms with Crippen molar-refractivity contribution >= 4 is 52.8 Å². The topological polar surface area (TPSA) is 84.9 Å². The molecule has 3 aromatic carbocycles. The molecule has 0 spiro atoms. The van der Waals surface area contributed by atoms with Gasteiger partial charge >= 0.3 is 6.03 Å². The third-order valence-electron chi connectivity index (χ3n) is 5.81. The van der Waals surface area contributed by atoms with E-state index < -0.39 is 17.8 Å². The van der Waals surface area contributed by atoms with Crippen LogP contribution in [0.1, 0.15) is 29.2 Å². The second-order valence-electron chi connectivity index (χ2n) is 8.40. The van der Waals surface area contributed by atoms with E-state index in [9.17, 15) is 14.4 Å². The van der Waals surface area contributed by atoms with Crippen LogP contribution in [0.4, 0.5) is 10.5 Å². The minimum atomic E-state index is -0.795. The number of hydrogen-bond donors (Lipinski definition) is 1. The molecule has 7 nitrogen and oxygen atoms in total. The number of imide groups is 2. The highest BCUT2D eigenvalue weighted by Gasteiger charge is 2.37. The van der Waals surface area contributed by atoms with Crippen LogP contribution < -0.4 is 19.7 Å². The standard InChI is InChI=1S/C28H24Cl2N2O5/c1-4-36-25-14-18(7-10-24(25)37-15-19-6-9-22(29)23(30)13-19)12-21-26(33)31-28(35)32(27(21)34)20-8-5-16(2)17(3)11-20/h5-14H,4,15H2,1-3H3,(H,31,33,35)/b21-12+. The number of barbiturate groups is 1. The molecule has 190 valence electrons. The van der Waals surface area contributed by atoms with Crippen LogP contribution in [0.15, 0.2) is 60.2 Å². The summed E-state index contributed by atoms with van der Waals surface area (Å²) >= 11 is 12.1. The van der Waals surface area contributed by atoms with Crippen LogP contribution in [-0.4, -0.2) is 24.5 Å². The maximum atomic E-state index is 13.2. The summed E-state index contributed by atoms with van der Waals surface area (Å²) in [4.78, 5) is 39.3. The van der Waals surface area contributed by atoms with Crippen molar-refractivity contribution in [2.45, 2.75) is 27.4 Å². The van der Waals surface area contributed by atoms with Gasteiger partial charge in [-0.05, 0) is 85.5 Å². The molecule has 4 amide bonds. The van der Waals surface area contributed by atoms with Crippen molar-refractivity contribution < 1.29 is 23.9 Å². The van der Waals surface area contributed by atoms with Gasteiger partial charge in [-0.1, -0.05) is 41.4 Å². The minimum Gasteiger partial charge on any atom is -0.490 e. The van der Waals surface area contributed by atoms with Gasteiger partial charge in [0.15, 0.2) is 11.5 Å². The van der Waals surface area contributed by atoms with Crippen LogP contribution >= 0.6 is 23.2 Å². The van der Waals surface area contributed by atoms with Gasteiger partial charge in [-0.3, -0.25) is 14.9 Å². The van der Waals surface area contributed by atoms with E-state index in [1.54, 1.807) is 42.5 Å². The maximum Gasteiger partial charge on any atom is 0.335 e. The van der Waals surface area contributed by atoms with E-state index in [1.807, 2.05) is 32.9 Å². The molecule has 0 bridgehead atoms. The van der Waals surface area contributed by atoms with E-state index >= 15 is 0 Å². The molecule has 1 fully saturated rings. The number of nitrogens with zero attached hydrogens (tertiary/aromatic N) is 1. The zero-order valence-corrected chi connectivity index (χ0v) is 21.9. The highest BCUT2D eigenvalue weighted by atomic mass is 35.5. The Hall–Kier alpha value is -3.81. The van der Waals surface area contributed by atoms with Gasteiger partial charge in [0.2, 0.25) is 0 Å². The molecular formula is C28H24Cl2N2O5. The highest BCUT2D eigenvalue weighted by molar-refractivity contribution is 6.42. The van der Waals surface area contributed by atoms with Crippen molar-refractivity contribution in [3.8, 4) is 11.5 Å². The number of rotatable bonds is 7. The first-order valence-electron chi connectivity index (χ1n) is 11.5. The Morgan fingerprint density at radius 2 is 1.65 bits per heavy atom. The largest absolute Gasteiger partial charge is 0.490 e. The second kappa shape index (κ2) is 11.1. The van der Waals surface area contributed by atoms with Crippen molar-refractivity contribution in [2.24, 2.45) is 0 Å². The molecule has 0 radical (unpaired) electrons. The summed E-state index contributed by atoms with van der Waals surface area (Å²) in [5.74, 6) is -0.577. The third kappa shape index (κ3) is 5.79. The molecule has 0 saturated carbocycles. The summed E-state index contributed by atoms with van der Waals surface area (Å²) in [6, 6.07) is 14.7. The number of ether oxygens (including phenoxy) is 2. The number of carbonyl (C=O) groups excluding carboxylic acids is 3. The molecule has 37 heavy (non-hydrogen) atoms. The number of hydrogen-bond acceptors (Lipinski definition) is 5. The molecule has 1 aliphatic heterocycles. The van der Waals surface area contributed by atoms with Crippen molar-refractivity contribution in [3.05, 3.63) is 92.5 Å². The van der Waals surface area contributed by atoms with E-state index in [2.05, 4.69) is 5.32 Å². The summed E-state index contributed by atoms with van der Waals surface area (Å²) in [6.45, 7) is 6.25. The highest BCUT2D eigenvalue weighted by Crippen LogP contribution is 2.32. The lowest BCUT2D eigenvalue weighted by atomic mass is 10.0. The molecule has 1 saturated heterocycles. The first-order valence-corrected chi connectivity index (χ1v) is 12.3. The van der Waals surface area contributed by atoms with Crippen molar-refractivity contribution in [3.63, 3.8) is 0 Å². The average Bonchev–Trinajstić information content (AvgIpc) is 2.85. The maximum absolute atomic E-state index is 13.2. The van der Waals surface area contributed by atoms with Crippen molar-refractivity contribution in [1.29, 1.82) is 0 Å². The van der Waals surface area contributed by atoms with Gasteiger partial charge in [0, 0.05) is 0 Å². The Bertz CT molecular complexity index is 1430. The first-order chi connectivity index (χ1) is 17.7. The lowest BCUT2D eigenvalue weighted by Crippen LogP contribution is -2.54. The summed E-state index contributed by atoms with van der Waals surface area (Å²) in [6.07, 6.45) is 1.42. The SMILES string of the molecule is CCOc1cc(/C=C2\C(=O)NC(=O)N(c3ccc(C)c(C)c3)C2=O)ccc1OCc1ccc(Cl)c(Cl)c1. The van der Waals surface area contributed by atoms with E-state index in [-0.39, 0.29) is 12.2 Å². The second-order valence-corrected chi connectivity index (χ2v) is 9.22. The molecule has 9 heteroatoms. The molecule has 0 atom stereocenters. The number of amides is 4.